The van der Waals surface area contributed by atoms with Crippen LogP contribution in [-0.2, 0) is 19.1 Å². The molecule has 1 fully saturated rings. The van der Waals surface area contributed by atoms with E-state index in [0.29, 0.717) is 13.2 Å². The summed E-state index contributed by atoms with van der Waals surface area (Å²) in [5, 5.41) is 5.50. The van der Waals surface area contributed by atoms with E-state index < -0.39 is 5.97 Å². The minimum Gasteiger partial charge on any atom is -0.468 e. The van der Waals surface area contributed by atoms with Gasteiger partial charge in [-0.05, 0) is 7.05 Å². The number of hydrogen-bond donors (Lipinski definition) is 2. The van der Waals surface area contributed by atoms with Crippen LogP contribution >= 0.6 is 0 Å². The quantitative estimate of drug-likeness (QED) is 0.560. The number of likely N-dealkylation sites (N-methyl/N-ethyl adjacent to an activating group) is 1. The summed E-state index contributed by atoms with van der Waals surface area (Å²) in [6.45, 7) is 0.813. The lowest BCUT2D eigenvalue weighted by Gasteiger charge is -2.15. The van der Waals surface area contributed by atoms with Crippen molar-refractivity contribution in [1.29, 1.82) is 0 Å². The van der Waals surface area contributed by atoms with Crippen molar-refractivity contribution in [2.45, 2.75) is 6.04 Å². The van der Waals surface area contributed by atoms with E-state index in [-0.39, 0.29) is 24.4 Å². The van der Waals surface area contributed by atoms with E-state index in [0.717, 1.165) is 0 Å². The lowest BCUT2D eigenvalue weighted by molar-refractivity contribution is -0.141. The molecule has 0 aliphatic carbocycles. The third-order valence-electron chi connectivity index (χ3n) is 2.42. The number of carbonyl (C=O) groups is 2. The van der Waals surface area contributed by atoms with E-state index in [2.05, 4.69) is 15.4 Å². The first-order chi connectivity index (χ1) is 7.19. The van der Waals surface area contributed by atoms with E-state index in [1.165, 1.54) is 7.11 Å². The monoisotopic (exact) mass is 216 g/mol. The fourth-order valence-electron chi connectivity index (χ4n) is 1.46. The summed E-state index contributed by atoms with van der Waals surface area (Å²) in [6, 6.07) is 0.0163. The maximum absolute atomic E-state index is 11.6. The number of ether oxygens (including phenoxy) is 2. The van der Waals surface area contributed by atoms with Crippen molar-refractivity contribution in [3.8, 4) is 0 Å². The average Bonchev–Trinajstić information content (AvgIpc) is 2.73. The fourth-order valence-corrected chi connectivity index (χ4v) is 1.46. The number of carbonyl (C=O) groups excluding carboxylic acids is 2. The van der Waals surface area contributed by atoms with E-state index in [1.807, 2.05) is 0 Å². The number of methoxy groups -OCH3 is 1. The smallest absolute Gasteiger partial charge is 0.325 e. The molecule has 0 aromatic rings. The van der Waals surface area contributed by atoms with Gasteiger partial charge in [0, 0.05) is 6.04 Å². The first-order valence-electron chi connectivity index (χ1n) is 4.78. The molecule has 0 saturated carbocycles. The lowest BCUT2D eigenvalue weighted by Crippen LogP contribution is -2.44. The molecule has 1 heterocycles. The Morgan fingerprint density at radius 3 is 2.80 bits per heavy atom. The van der Waals surface area contributed by atoms with Crippen LogP contribution in [0.2, 0.25) is 0 Å². The predicted octanol–water partition coefficient (Wildman–Crippen LogP) is -1.49. The molecule has 0 bridgehead atoms. The van der Waals surface area contributed by atoms with Crippen molar-refractivity contribution < 1.29 is 19.1 Å². The molecule has 1 rings (SSSR count). The zero-order valence-corrected chi connectivity index (χ0v) is 8.91. The van der Waals surface area contributed by atoms with Crippen LogP contribution < -0.4 is 10.6 Å². The molecule has 0 aromatic heterocycles. The van der Waals surface area contributed by atoms with Crippen LogP contribution in [0, 0.1) is 5.92 Å². The Kier molecular flexibility index (Phi) is 4.51. The summed E-state index contributed by atoms with van der Waals surface area (Å²) in [5.74, 6) is -0.875. The van der Waals surface area contributed by atoms with Gasteiger partial charge < -0.3 is 20.1 Å². The summed E-state index contributed by atoms with van der Waals surface area (Å²) < 4.78 is 9.59. The van der Waals surface area contributed by atoms with Gasteiger partial charge in [0.05, 0.1) is 26.2 Å². The highest BCUT2D eigenvalue weighted by atomic mass is 16.5. The molecule has 1 aliphatic rings. The Balaban J connectivity index is 2.36. The third kappa shape index (κ3) is 3.17. The highest BCUT2D eigenvalue weighted by molar-refractivity contribution is 5.84. The zero-order valence-electron chi connectivity index (χ0n) is 8.91. The van der Waals surface area contributed by atoms with Gasteiger partial charge in [-0.15, -0.1) is 0 Å². The standard InChI is InChI=1S/C9H16N2O4/c1-10-7-5-15-4-6(7)9(13)11-3-8(12)14-2/h6-7,10H,3-5H2,1-2H3,(H,11,13). The summed E-state index contributed by atoms with van der Waals surface area (Å²) in [7, 11) is 3.06. The van der Waals surface area contributed by atoms with Gasteiger partial charge >= 0.3 is 5.97 Å². The molecule has 6 nitrogen and oxygen atoms in total. The van der Waals surface area contributed by atoms with Crippen molar-refractivity contribution >= 4 is 11.9 Å². The average molecular weight is 216 g/mol. The van der Waals surface area contributed by atoms with Gasteiger partial charge in [0.2, 0.25) is 5.91 Å². The van der Waals surface area contributed by atoms with Crippen LogP contribution in [-0.4, -0.2) is 51.8 Å². The molecule has 2 unspecified atom stereocenters. The second kappa shape index (κ2) is 5.67. The van der Waals surface area contributed by atoms with Crippen molar-refractivity contribution in [3.05, 3.63) is 0 Å². The second-order valence-corrected chi connectivity index (χ2v) is 3.33. The van der Waals surface area contributed by atoms with Crippen molar-refractivity contribution in [3.63, 3.8) is 0 Å². The molecule has 2 N–H and O–H groups in total. The minimum absolute atomic E-state index is 0.0163. The van der Waals surface area contributed by atoms with Crippen LogP contribution in [0.4, 0.5) is 0 Å². The van der Waals surface area contributed by atoms with Crippen LogP contribution in [0.15, 0.2) is 0 Å². The first-order valence-corrected chi connectivity index (χ1v) is 4.78. The SMILES string of the molecule is CNC1COCC1C(=O)NCC(=O)OC. The Morgan fingerprint density at radius 1 is 1.47 bits per heavy atom. The molecule has 1 aliphatic heterocycles. The Bertz CT molecular complexity index is 244. The first kappa shape index (κ1) is 11.9. The molecule has 0 aromatic carbocycles. The number of esters is 1. The Hall–Kier alpha value is -1.14. The summed E-state index contributed by atoms with van der Waals surface area (Å²) in [6.07, 6.45) is 0. The molecule has 0 spiro atoms. The van der Waals surface area contributed by atoms with E-state index >= 15 is 0 Å². The summed E-state index contributed by atoms with van der Waals surface area (Å²) in [4.78, 5) is 22.4. The lowest BCUT2D eigenvalue weighted by atomic mass is 10.0. The molecule has 15 heavy (non-hydrogen) atoms. The number of amides is 1. The third-order valence-corrected chi connectivity index (χ3v) is 2.42. The van der Waals surface area contributed by atoms with Crippen LogP contribution in [0.25, 0.3) is 0 Å². The molecule has 1 saturated heterocycles. The van der Waals surface area contributed by atoms with Crippen LogP contribution in [0.5, 0.6) is 0 Å². The van der Waals surface area contributed by atoms with Gasteiger partial charge in [-0.25, -0.2) is 0 Å². The molecular formula is C9H16N2O4. The summed E-state index contributed by atoms with van der Waals surface area (Å²) >= 11 is 0. The van der Waals surface area contributed by atoms with Crippen LogP contribution in [0.3, 0.4) is 0 Å². The van der Waals surface area contributed by atoms with Gasteiger partial charge in [-0.3, -0.25) is 9.59 Å². The van der Waals surface area contributed by atoms with Crippen molar-refractivity contribution in [2.24, 2.45) is 5.92 Å². The normalized spacial score (nSPS) is 24.9. The summed E-state index contributed by atoms with van der Waals surface area (Å²) in [5.41, 5.74) is 0. The molecule has 1 amide bonds. The largest absolute Gasteiger partial charge is 0.468 e. The molecule has 6 heteroatoms. The maximum atomic E-state index is 11.6. The highest BCUT2D eigenvalue weighted by Crippen LogP contribution is 2.12. The minimum atomic E-state index is -0.455. The Labute approximate surface area is 88.3 Å². The predicted molar refractivity (Wildman–Crippen MR) is 52.2 cm³/mol. The highest BCUT2D eigenvalue weighted by Gasteiger charge is 2.32. The topological polar surface area (TPSA) is 76.7 Å². The molecule has 86 valence electrons. The zero-order chi connectivity index (χ0) is 11.3. The van der Waals surface area contributed by atoms with E-state index in [9.17, 15) is 9.59 Å². The fraction of sp³-hybridized carbons (Fsp3) is 0.778. The second-order valence-electron chi connectivity index (χ2n) is 3.33. The van der Waals surface area contributed by atoms with Crippen molar-refractivity contribution in [1.82, 2.24) is 10.6 Å². The van der Waals surface area contributed by atoms with Gasteiger partial charge in [0.15, 0.2) is 0 Å². The van der Waals surface area contributed by atoms with E-state index in [1.54, 1.807) is 7.05 Å². The molecular weight excluding hydrogens is 200 g/mol. The van der Waals surface area contributed by atoms with Crippen LogP contribution in [0.1, 0.15) is 0 Å². The molecule has 2 atom stereocenters. The van der Waals surface area contributed by atoms with E-state index in [4.69, 9.17) is 4.74 Å². The number of nitrogens with one attached hydrogen (secondary N) is 2. The Morgan fingerprint density at radius 2 is 2.20 bits per heavy atom. The van der Waals surface area contributed by atoms with Gasteiger partial charge in [-0.2, -0.15) is 0 Å². The van der Waals surface area contributed by atoms with Gasteiger partial charge in [-0.1, -0.05) is 0 Å². The number of hydrogen-bond acceptors (Lipinski definition) is 5. The molecule has 0 radical (unpaired) electrons. The maximum Gasteiger partial charge on any atom is 0.325 e. The number of rotatable bonds is 4. The van der Waals surface area contributed by atoms with Gasteiger partial charge in [0.25, 0.3) is 0 Å². The van der Waals surface area contributed by atoms with Crippen molar-refractivity contribution in [2.75, 3.05) is 33.9 Å². The van der Waals surface area contributed by atoms with Gasteiger partial charge in [0.1, 0.15) is 6.54 Å².